The van der Waals surface area contributed by atoms with E-state index in [1.165, 1.54) is 11.3 Å². The van der Waals surface area contributed by atoms with Crippen molar-refractivity contribution in [1.29, 1.82) is 0 Å². The number of hydrogen-bond acceptors (Lipinski definition) is 4. The second-order valence-electron chi connectivity index (χ2n) is 4.14. The Bertz CT molecular complexity index is 396. The number of nitrogens with zero attached hydrogens (tertiary/aromatic N) is 1. The monoisotopic (exact) mass is 257 g/mol. The molecule has 1 atom stereocenters. The fraction of sp³-hybridized carbons (Fsp3) is 0.667. The SMILES string of the molecule is CCCc1nc(C(C)(CC)OC)sc1C(=O)O. The van der Waals surface area contributed by atoms with Crippen molar-refractivity contribution in [3.05, 3.63) is 15.6 Å². The number of aromatic nitrogens is 1. The number of carboxylic acids is 1. The summed E-state index contributed by atoms with van der Waals surface area (Å²) < 4.78 is 5.45. The van der Waals surface area contributed by atoms with Crippen LogP contribution in [0.4, 0.5) is 0 Å². The molecule has 1 aromatic rings. The molecule has 0 bridgehead atoms. The van der Waals surface area contributed by atoms with Gasteiger partial charge < -0.3 is 9.84 Å². The molecule has 0 radical (unpaired) electrons. The number of thiazole rings is 1. The van der Waals surface area contributed by atoms with Crippen LogP contribution >= 0.6 is 11.3 Å². The zero-order valence-corrected chi connectivity index (χ0v) is 11.6. The van der Waals surface area contributed by atoms with E-state index in [2.05, 4.69) is 4.98 Å². The van der Waals surface area contributed by atoms with Crippen LogP contribution in [0.25, 0.3) is 0 Å². The summed E-state index contributed by atoms with van der Waals surface area (Å²) in [4.78, 5) is 15.9. The van der Waals surface area contributed by atoms with Gasteiger partial charge in [0.1, 0.15) is 15.5 Å². The van der Waals surface area contributed by atoms with Gasteiger partial charge in [-0.05, 0) is 19.8 Å². The van der Waals surface area contributed by atoms with Gasteiger partial charge in [0.05, 0.1) is 5.69 Å². The zero-order valence-electron chi connectivity index (χ0n) is 10.7. The van der Waals surface area contributed by atoms with Gasteiger partial charge in [0, 0.05) is 7.11 Å². The van der Waals surface area contributed by atoms with E-state index >= 15 is 0 Å². The molecule has 0 saturated carbocycles. The second kappa shape index (κ2) is 5.60. The zero-order chi connectivity index (χ0) is 13.1. The molecule has 1 unspecified atom stereocenters. The quantitative estimate of drug-likeness (QED) is 0.850. The maximum Gasteiger partial charge on any atom is 0.347 e. The number of ether oxygens (including phenoxy) is 1. The lowest BCUT2D eigenvalue weighted by molar-refractivity contribution is -0.00166. The van der Waals surface area contributed by atoms with Gasteiger partial charge in [0.2, 0.25) is 0 Å². The summed E-state index contributed by atoms with van der Waals surface area (Å²) >= 11 is 1.23. The Kier molecular flexibility index (Phi) is 4.65. The largest absolute Gasteiger partial charge is 0.477 e. The molecule has 17 heavy (non-hydrogen) atoms. The van der Waals surface area contributed by atoms with Crippen LogP contribution in [0.2, 0.25) is 0 Å². The highest BCUT2D eigenvalue weighted by atomic mass is 32.1. The highest BCUT2D eigenvalue weighted by Crippen LogP contribution is 2.33. The summed E-state index contributed by atoms with van der Waals surface area (Å²) in [7, 11) is 1.63. The van der Waals surface area contributed by atoms with Crippen molar-refractivity contribution in [2.45, 2.75) is 45.6 Å². The van der Waals surface area contributed by atoms with E-state index in [-0.39, 0.29) is 0 Å². The van der Waals surface area contributed by atoms with Crippen molar-refractivity contribution in [1.82, 2.24) is 4.98 Å². The van der Waals surface area contributed by atoms with Crippen molar-refractivity contribution in [3.63, 3.8) is 0 Å². The molecule has 96 valence electrons. The molecule has 0 amide bonds. The van der Waals surface area contributed by atoms with Gasteiger partial charge in [-0.1, -0.05) is 20.3 Å². The van der Waals surface area contributed by atoms with Crippen molar-refractivity contribution in [3.8, 4) is 0 Å². The third-order valence-corrected chi connectivity index (χ3v) is 4.29. The molecule has 0 aliphatic rings. The number of hydrogen-bond donors (Lipinski definition) is 1. The lowest BCUT2D eigenvalue weighted by Crippen LogP contribution is -2.22. The van der Waals surface area contributed by atoms with Crippen molar-refractivity contribution < 1.29 is 14.6 Å². The van der Waals surface area contributed by atoms with Crippen LogP contribution in [0.15, 0.2) is 0 Å². The molecule has 1 rings (SSSR count). The van der Waals surface area contributed by atoms with Crippen LogP contribution in [-0.2, 0) is 16.8 Å². The van der Waals surface area contributed by atoms with E-state index in [0.29, 0.717) is 17.0 Å². The van der Waals surface area contributed by atoms with Gasteiger partial charge in [-0.3, -0.25) is 0 Å². The molecule has 0 spiro atoms. The summed E-state index contributed by atoms with van der Waals surface area (Å²) in [6.45, 7) is 5.96. The van der Waals surface area contributed by atoms with Crippen LogP contribution in [0.3, 0.4) is 0 Å². The summed E-state index contributed by atoms with van der Waals surface area (Å²) in [6, 6.07) is 0. The number of rotatable bonds is 6. The van der Waals surface area contributed by atoms with E-state index in [9.17, 15) is 4.79 Å². The standard InChI is InChI=1S/C12H19NO3S/c1-5-7-8-9(10(14)15)17-11(13-8)12(3,6-2)16-4/h5-7H2,1-4H3,(H,14,15). The molecule has 1 aromatic heterocycles. The average Bonchev–Trinajstić information content (AvgIpc) is 2.73. The minimum atomic E-state index is -0.897. The molecule has 0 fully saturated rings. The van der Waals surface area contributed by atoms with Gasteiger partial charge in [0.25, 0.3) is 0 Å². The van der Waals surface area contributed by atoms with Gasteiger partial charge in [0.15, 0.2) is 0 Å². The molecular weight excluding hydrogens is 238 g/mol. The first-order valence-corrected chi connectivity index (χ1v) is 6.58. The van der Waals surface area contributed by atoms with Crippen LogP contribution in [-0.4, -0.2) is 23.2 Å². The first kappa shape index (κ1) is 14.1. The predicted octanol–water partition coefficient (Wildman–Crippen LogP) is 3.07. The minimum absolute atomic E-state index is 0.346. The molecule has 4 nitrogen and oxygen atoms in total. The van der Waals surface area contributed by atoms with E-state index in [1.54, 1.807) is 7.11 Å². The third-order valence-electron chi connectivity index (χ3n) is 2.96. The fourth-order valence-electron chi connectivity index (χ4n) is 1.53. The van der Waals surface area contributed by atoms with Crippen LogP contribution in [0, 0.1) is 0 Å². The molecule has 0 saturated heterocycles. The number of methoxy groups -OCH3 is 1. The first-order chi connectivity index (χ1) is 7.98. The maximum absolute atomic E-state index is 11.1. The Labute approximate surface area is 106 Å². The van der Waals surface area contributed by atoms with Crippen LogP contribution < -0.4 is 0 Å². The van der Waals surface area contributed by atoms with Gasteiger partial charge >= 0.3 is 5.97 Å². The Hall–Kier alpha value is -0.940. The van der Waals surface area contributed by atoms with Gasteiger partial charge in [-0.2, -0.15) is 0 Å². The summed E-state index contributed by atoms with van der Waals surface area (Å²) in [6.07, 6.45) is 2.35. The number of aromatic carboxylic acids is 1. The molecule has 0 aliphatic carbocycles. The van der Waals surface area contributed by atoms with Crippen LogP contribution in [0.5, 0.6) is 0 Å². The molecule has 0 aromatic carbocycles. The predicted molar refractivity (Wildman–Crippen MR) is 67.7 cm³/mol. The molecule has 5 heteroatoms. The Balaban J connectivity index is 3.19. The van der Waals surface area contributed by atoms with E-state index in [1.807, 2.05) is 20.8 Å². The summed E-state index contributed by atoms with van der Waals surface area (Å²) in [5, 5.41) is 9.90. The smallest absolute Gasteiger partial charge is 0.347 e. The number of aryl methyl sites for hydroxylation is 1. The molecule has 0 aliphatic heterocycles. The molecule has 1 heterocycles. The second-order valence-corrected chi connectivity index (χ2v) is 5.14. The fourth-order valence-corrected chi connectivity index (χ4v) is 2.68. The lowest BCUT2D eigenvalue weighted by atomic mass is 10.0. The third kappa shape index (κ3) is 2.84. The van der Waals surface area contributed by atoms with Crippen molar-refractivity contribution >= 4 is 17.3 Å². The normalized spacial score (nSPS) is 14.6. The minimum Gasteiger partial charge on any atom is -0.477 e. The highest BCUT2D eigenvalue weighted by Gasteiger charge is 2.30. The number of carbonyl (C=O) groups is 1. The lowest BCUT2D eigenvalue weighted by Gasteiger charge is -2.23. The van der Waals surface area contributed by atoms with E-state index in [0.717, 1.165) is 17.8 Å². The first-order valence-electron chi connectivity index (χ1n) is 5.77. The highest BCUT2D eigenvalue weighted by molar-refractivity contribution is 7.13. The summed E-state index contributed by atoms with van der Waals surface area (Å²) in [5.74, 6) is -0.897. The van der Waals surface area contributed by atoms with Crippen LogP contribution in [0.1, 0.15) is 54.0 Å². The van der Waals surface area contributed by atoms with Crippen molar-refractivity contribution in [2.75, 3.05) is 7.11 Å². The topological polar surface area (TPSA) is 59.4 Å². The van der Waals surface area contributed by atoms with E-state index < -0.39 is 11.6 Å². The summed E-state index contributed by atoms with van der Waals surface area (Å²) in [5.41, 5.74) is 0.192. The Morgan fingerprint density at radius 1 is 1.53 bits per heavy atom. The molecule has 1 N–H and O–H groups in total. The van der Waals surface area contributed by atoms with E-state index in [4.69, 9.17) is 9.84 Å². The maximum atomic E-state index is 11.1. The van der Waals surface area contributed by atoms with Gasteiger partial charge in [-0.25, -0.2) is 9.78 Å². The Morgan fingerprint density at radius 2 is 2.18 bits per heavy atom. The van der Waals surface area contributed by atoms with Crippen molar-refractivity contribution in [2.24, 2.45) is 0 Å². The van der Waals surface area contributed by atoms with Gasteiger partial charge in [-0.15, -0.1) is 11.3 Å². The average molecular weight is 257 g/mol. The Morgan fingerprint density at radius 3 is 2.59 bits per heavy atom. The number of carboxylic acid groups (broad SMARTS) is 1. The molecular formula is C12H19NO3S.